The predicted octanol–water partition coefficient (Wildman–Crippen LogP) is 8.47. The number of unbranched alkanes of at least 4 members (excludes halogenated alkanes) is 8. The molecule has 4 unspecified atom stereocenters. The smallest absolute Gasteiger partial charge is 0.0202 e. The summed E-state index contributed by atoms with van der Waals surface area (Å²) in [6.07, 6.45) is 17.1. The lowest BCUT2D eigenvalue weighted by Crippen LogP contribution is -2.31. The van der Waals surface area contributed by atoms with Gasteiger partial charge in [-0.15, -0.1) is 6.58 Å². The van der Waals surface area contributed by atoms with E-state index in [0.717, 1.165) is 18.9 Å². The van der Waals surface area contributed by atoms with Gasteiger partial charge in [0.2, 0.25) is 0 Å². The van der Waals surface area contributed by atoms with Crippen LogP contribution in [0.1, 0.15) is 105 Å². The van der Waals surface area contributed by atoms with Crippen molar-refractivity contribution in [3.8, 4) is 0 Å². The van der Waals surface area contributed by atoms with Crippen LogP contribution in [0.3, 0.4) is 0 Å². The van der Waals surface area contributed by atoms with Crippen LogP contribution in [0.5, 0.6) is 0 Å². The summed E-state index contributed by atoms with van der Waals surface area (Å²) in [6.45, 7) is 21.3. The minimum absolute atomic E-state index is 0.586. The Hall–Kier alpha value is -0.720. The first-order chi connectivity index (χ1) is 12.9. The van der Waals surface area contributed by atoms with E-state index in [2.05, 4.69) is 65.8 Å². The Balaban J connectivity index is 4.03. The lowest BCUT2D eigenvalue weighted by molar-refractivity contribution is 0.201. The highest BCUT2D eigenvalue weighted by molar-refractivity contribution is 4.95. The first-order valence-corrected chi connectivity index (χ1v) is 11.9. The number of hydrogen-bond acceptors (Lipinski definition) is 1. The molecule has 0 N–H and O–H groups in total. The Morgan fingerprint density at radius 2 is 1.37 bits per heavy atom. The van der Waals surface area contributed by atoms with Crippen LogP contribution in [0.15, 0.2) is 24.9 Å². The SMILES string of the molecule is C=CC(C(C)CN(C)C(=C)CCCCCCCCCCC)C(C)C(C)CC. The van der Waals surface area contributed by atoms with Gasteiger partial charge in [-0.05, 0) is 36.5 Å². The molecule has 0 aromatic rings. The molecule has 1 nitrogen and oxygen atoms in total. The zero-order chi connectivity index (χ0) is 20.7. The molecule has 0 bridgehead atoms. The molecule has 0 amide bonds. The third kappa shape index (κ3) is 11.7. The van der Waals surface area contributed by atoms with Gasteiger partial charge in [0.05, 0.1) is 0 Å². The topological polar surface area (TPSA) is 3.24 Å². The van der Waals surface area contributed by atoms with Crippen LogP contribution in [-0.4, -0.2) is 18.5 Å². The summed E-state index contributed by atoms with van der Waals surface area (Å²) >= 11 is 0. The molecule has 0 aliphatic rings. The van der Waals surface area contributed by atoms with Gasteiger partial charge >= 0.3 is 0 Å². The van der Waals surface area contributed by atoms with Crippen molar-refractivity contribution in [2.24, 2.45) is 23.7 Å². The molecule has 27 heavy (non-hydrogen) atoms. The van der Waals surface area contributed by atoms with Gasteiger partial charge in [0.15, 0.2) is 0 Å². The largest absolute Gasteiger partial charge is 0.378 e. The second-order valence-electron chi connectivity index (χ2n) is 9.06. The molecule has 160 valence electrons. The van der Waals surface area contributed by atoms with Gasteiger partial charge in [0.25, 0.3) is 0 Å². The summed E-state index contributed by atoms with van der Waals surface area (Å²) in [5.74, 6) is 2.66. The molecule has 0 spiro atoms. The van der Waals surface area contributed by atoms with E-state index in [1.165, 1.54) is 69.9 Å². The molecule has 0 aromatic carbocycles. The zero-order valence-corrected chi connectivity index (χ0v) is 19.7. The minimum atomic E-state index is 0.586. The first kappa shape index (κ1) is 26.3. The van der Waals surface area contributed by atoms with E-state index in [4.69, 9.17) is 0 Å². The first-order valence-electron chi connectivity index (χ1n) is 11.9. The summed E-state index contributed by atoms with van der Waals surface area (Å²) in [6, 6.07) is 0. The van der Waals surface area contributed by atoms with Gasteiger partial charge in [-0.2, -0.15) is 0 Å². The summed E-state index contributed by atoms with van der Waals surface area (Å²) in [5.41, 5.74) is 1.31. The maximum absolute atomic E-state index is 4.36. The monoisotopic (exact) mass is 377 g/mol. The van der Waals surface area contributed by atoms with E-state index in [-0.39, 0.29) is 0 Å². The van der Waals surface area contributed by atoms with Gasteiger partial charge in [0, 0.05) is 19.3 Å². The van der Waals surface area contributed by atoms with Crippen molar-refractivity contribution < 1.29 is 0 Å². The number of rotatable bonds is 18. The van der Waals surface area contributed by atoms with Gasteiger partial charge in [-0.1, -0.05) is 105 Å². The molecule has 4 atom stereocenters. The van der Waals surface area contributed by atoms with Crippen molar-refractivity contribution in [1.29, 1.82) is 0 Å². The van der Waals surface area contributed by atoms with Crippen LogP contribution in [0.2, 0.25) is 0 Å². The molecule has 0 aliphatic carbocycles. The van der Waals surface area contributed by atoms with Crippen molar-refractivity contribution in [2.75, 3.05) is 13.6 Å². The molecule has 1 heteroatoms. The van der Waals surface area contributed by atoms with Gasteiger partial charge in [0.1, 0.15) is 0 Å². The lowest BCUT2D eigenvalue weighted by Gasteiger charge is -2.34. The molecule has 0 aliphatic heterocycles. The third-order valence-corrected chi connectivity index (χ3v) is 6.75. The maximum Gasteiger partial charge on any atom is 0.0202 e. The van der Waals surface area contributed by atoms with E-state index in [0.29, 0.717) is 17.8 Å². The fraction of sp³-hybridized carbons (Fsp3) is 0.846. The average Bonchev–Trinajstić information content (AvgIpc) is 2.66. The predicted molar refractivity (Wildman–Crippen MR) is 125 cm³/mol. The Bertz CT molecular complexity index is 372. The summed E-state index contributed by atoms with van der Waals surface area (Å²) in [5, 5.41) is 0. The lowest BCUT2D eigenvalue weighted by atomic mass is 9.76. The van der Waals surface area contributed by atoms with Crippen LogP contribution >= 0.6 is 0 Å². The molecule has 0 saturated heterocycles. The maximum atomic E-state index is 4.36. The Labute approximate surface area is 172 Å². The van der Waals surface area contributed by atoms with E-state index >= 15 is 0 Å². The van der Waals surface area contributed by atoms with Crippen LogP contribution in [0.4, 0.5) is 0 Å². The highest BCUT2D eigenvalue weighted by Gasteiger charge is 2.25. The highest BCUT2D eigenvalue weighted by atomic mass is 15.1. The van der Waals surface area contributed by atoms with Gasteiger partial charge in [-0.25, -0.2) is 0 Å². The molecule has 0 aromatic heterocycles. The molecule has 0 saturated carbocycles. The van der Waals surface area contributed by atoms with Crippen molar-refractivity contribution in [2.45, 2.75) is 105 Å². The van der Waals surface area contributed by atoms with Crippen LogP contribution in [-0.2, 0) is 0 Å². The summed E-state index contributed by atoms with van der Waals surface area (Å²) in [4.78, 5) is 2.40. The third-order valence-electron chi connectivity index (χ3n) is 6.75. The second-order valence-corrected chi connectivity index (χ2v) is 9.06. The summed E-state index contributed by atoms with van der Waals surface area (Å²) < 4.78 is 0. The van der Waals surface area contributed by atoms with E-state index in [1.54, 1.807) is 0 Å². The van der Waals surface area contributed by atoms with E-state index in [1.807, 2.05) is 0 Å². The number of hydrogen-bond donors (Lipinski definition) is 0. The fourth-order valence-electron chi connectivity index (χ4n) is 4.23. The zero-order valence-electron chi connectivity index (χ0n) is 19.7. The average molecular weight is 378 g/mol. The van der Waals surface area contributed by atoms with Gasteiger partial charge in [-0.3, -0.25) is 0 Å². The Morgan fingerprint density at radius 3 is 1.85 bits per heavy atom. The van der Waals surface area contributed by atoms with Crippen molar-refractivity contribution in [3.63, 3.8) is 0 Å². The van der Waals surface area contributed by atoms with Crippen molar-refractivity contribution in [3.05, 3.63) is 24.9 Å². The number of allylic oxidation sites excluding steroid dienone is 2. The van der Waals surface area contributed by atoms with Crippen molar-refractivity contribution in [1.82, 2.24) is 4.90 Å². The summed E-state index contributed by atoms with van der Waals surface area (Å²) in [7, 11) is 2.22. The van der Waals surface area contributed by atoms with Crippen LogP contribution in [0, 0.1) is 23.7 Å². The molecule has 0 fully saturated rings. The van der Waals surface area contributed by atoms with Crippen LogP contribution < -0.4 is 0 Å². The standard InChI is InChI=1S/C26H51N/c1-9-12-13-14-15-16-17-18-19-20-24(6)27(8)21-23(5)26(11-3)25(7)22(4)10-2/h11,22-23,25-26H,3,6,9-10,12-21H2,1-2,4-5,7-8H3. The quantitative estimate of drug-likeness (QED) is 0.171. The van der Waals surface area contributed by atoms with E-state index in [9.17, 15) is 0 Å². The molecular formula is C26H51N. The second kappa shape index (κ2) is 16.3. The molecular weight excluding hydrogens is 326 g/mol. The van der Waals surface area contributed by atoms with Crippen LogP contribution in [0.25, 0.3) is 0 Å². The normalized spacial score (nSPS) is 15.8. The molecule has 0 heterocycles. The van der Waals surface area contributed by atoms with Crippen molar-refractivity contribution >= 4 is 0 Å². The Morgan fingerprint density at radius 1 is 0.852 bits per heavy atom. The highest BCUT2D eigenvalue weighted by Crippen LogP contribution is 2.30. The van der Waals surface area contributed by atoms with Gasteiger partial charge < -0.3 is 4.90 Å². The fourth-order valence-corrected chi connectivity index (χ4v) is 4.23. The Kier molecular flexibility index (Phi) is 15.8. The molecule has 0 rings (SSSR count). The molecule has 0 radical (unpaired) electrons. The van der Waals surface area contributed by atoms with E-state index < -0.39 is 0 Å². The number of nitrogens with zero attached hydrogens (tertiary/aromatic N) is 1. The minimum Gasteiger partial charge on any atom is -0.378 e.